The Morgan fingerprint density at radius 1 is 1.00 bits per heavy atom. The zero-order chi connectivity index (χ0) is 10.8. The second kappa shape index (κ2) is 3.92. The lowest BCUT2D eigenvalue weighted by molar-refractivity contribution is 0.174. The van der Waals surface area contributed by atoms with Gasteiger partial charge in [0.1, 0.15) is 0 Å². The maximum atomic E-state index is 5.29. The molecule has 78 valence electrons. The minimum Gasteiger partial charge on any atom is -0.454 e. The molecular formula is C13H8O2S. The lowest BCUT2D eigenvalue weighted by Crippen LogP contribution is -1.92. The van der Waals surface area contributed by atoms with Gasteiger partial charge in [0.25, 0.3) is 0 Å². The van der Waals surface area contributed by atoms with Crippen molar-refractivity contribution >= 4 is 11.3 Å². The van der Waals surface area contributed by atoms with Crippen LogP contribution in [0, 0.1) is 11.8 Å². The van der Waals surface area contributed by atoms with Crippen LogP contribution < -0.4 is 9.47 Å². The fourth-order valence-corrected chi connectivity index (χ4v) is 2.04. The van der Waals surface area contributed by atoms with E-state index in [1.165, 1.54) is 0 Å². The van der Waals surface area contributed by atoms with Crippen LogP contribution in [0.15, 0.2) is 35.0 Å². The molecule has 1 aliphatic rings. The van der Waals surface area contributed by atoms with Crippen molar-refractivity contribution in [2.24, 2.45) is 0 Å². The van der Waals surface area contributed by atoms with Crippen molar-refractivity contribution in [2.45, 2.75) is 0 Å². The first-order valence-electron chi connectivity index (χ1n) is 4.86. The molecule has 1 aliphatic heterocycles. The van der Waals surface area contributed by atoms with Gasteiger partial charge in [0.2, 0.25) is 6.79 Å². The largest absolute Gasteiger partial charge is 0.454 e. The van der Waals surface area contributed by atoms with Crippen LogP contribution in [0.2, 0.25) is 0 Å². The minimum atomic E-state index is 0.302. The molecule has 0 bridgehead atoms. The summed E-state index contributed by atoms with van der Waals surface area (Å²) >= 11 is 1.65. The summed E-state index contributed by atoms with van der Waals surface area (Å²) in [5, 5.41) is 4.05. The normalized spacial score (nSPS) is 12.0. The van der Waals surface area contributed by atoms with Gasteiger partial charge in [-0.3, -0.25) is 0 Å². The van der Waals surface area contributed by atoms with Crippen molar-refractivity contribution < 1.29 is 9.47 Å². The van der Waals surface area contributed by atoms with Gasteiger partial charge in [0.05, 0.1) is 0 Å². The summed E-state index contributed by atoms with van der Waals surface area (Å²) in [4.78, 5) is 0. The Balaban J connectivity index is 1.91. The monoisotopic (exact) mass is 228 g/mol. The van der Waals surface area contributed by atoms with Gasteiger partial charge in [-0.2, -0.15) is 11.3 Å². The molecule has 0 unspecified atom stereocenters. The summed E-state index contributed by atoms with van der Waals surface area (Å²) in [6, 6.07) is 7.74. The third kappa shape index (κ3) is 1.75. The Morgan fingerprint density at radius 2 is 1.88 bits per heavy atom. The van der Waals surface area contributed by atoms with E-state index in [0.29, 0.717) is 6.79 Å². The number of ether oxygens (including phenoxy) is 2. The van der Waals surface area contributed by atoms with Crippen molar-refractivity contribution in [3.63, 3.8) is 0 Å². The lowest BCUT2D eigenvalue weighted by Gasteiger charge is -1.94. The van der Waals surface area contributed by atoms with E-state index in [0.717, 1.165) is 22.6 Å². The molecule has 0 amide bonds. The van der Waals surface area contributed by atoms with Crippen LogP contribution in [-0.4, -0.2) is 6.79 Å². The quantitative estimate of drug-likeness (QED) is 0.645. The molecule has 1 aromatic carbocycles. The maximum Gasteiger partial charge on any atom is 0.231 e. The van der Waals surface area contributed by atoms with Crippen LogP contribution in [0.25, 0.3) is 0 Å². The highest BCUT2D eigenvalue weighted by Gasteiger charge is 2.12. The van der Waals surface area contributed by atoms with E-state index in [-0.39, 0.29) is 0 Å². The standard InChI is InChI=1S/C13H8O2S/c1(2-11-5-6-16-8-11)10-3-4-12-13(7-10)15-9-14-12/h3-8H,9H2. The van der Waals surface area contributed by atoms with Gasteiger partial charge >= 0.3 is 0 Å². The molecule has 2 heterocycles. The number of hydrogen-bond donors (Lipinski definition) is 0. The molecule has 16 heavy (non-hydrogen) atoms. The molecular weight excluding hydrogens is 220 g/mol. The molecule has 0 N–H and O–H groups in total. The van der Waals surface area contributed by atoms with Crippen LogP contribution >= 0.6 is 11.3 Å². The highest BCUT2D eigenvalue weighted by atomic mass is 32.1. The van der Waals surface area contributed by atoms with Crippen molar-refractivity contribution in [1.82, 2.24) is 0 Å². The van der Waals surface area contributed by atoms with E-state index in [4.69, 9.17) is 9.47 Å². The Morgan fingerprint density at radius 3 is 2.75 bits per heavy atom. The number of rotatable bonds is 0. The molecule has 0 saturated carbocycles. The van der Waals surface area contributed by atoms with Gasteiger partial charge in [-0.15, -0.1) is 0 Å². The molecule has 2 aromatic rings. The highest BCUT2D eigenvalue weighted by molar-refractivity contribution is 7.08. The van der Waals surface area contributed by atoms with Crippen molar-refractivity contribution in [1.29, 1.82) is 0 Å². The van der Waals surface area contributed by atoms with Crippen LogP contribution in [0.3, 0.4) is 0 Å². The first-order valence-corrected chi connectivity index (χ1v) is 5.80. The third-order valence-electron chi connectivity index (χ3n) is 2.24. The summed E-state index contributed by atoms with van der Waals surface area (Å²) in [7, 11) is 0. The second-order valence-electron chi connectivity index (χ2n) is 3.33. The molecule has 3 heteroatoms. The topological polar surface area (TPSA) is 18.5 Å². The summed E-state index contributed by atoms with van der Waals surface area (Å²) < 4.78 is 10.5. The summed E-state index contributed by atoms with van der Waals surface area (Å²) in [5.41, 5.74) is 1.98. The first-order chi connectivity index (χ1) is 7.92. The molecule has 0 aliphatic carbocycles. The number of fused-ring (bicyclic) bond motifs is 1. The average molecular weight is 228 g/mol. The molecule has 1 aromatic heterocycles. The van der Waals surface area contributed by atoms with E-state index < -0.39 is 0 Å². The summed E-state index contributed by atoms with van der Waals surface area (Å²) in [6.07, 6.45) is 0. The van der Waals surface area contributed by atoms with E-state index in [1.54, 1.807) is 11.3 Å². The molecule has 0 radical (unpaired) electrons. The SMILES string of the molecule is C(#Cc1ccc2c(c1)OCO2)c1ccsc1. The zero-order valence-corrected chi connectivity index (χ0v) is 9.21. The molecule has 0 fully saturated rings. The van der Waals surface area contributed by atoms with Crippen LogP contribution in [0.4, 0.5) is 0 Å². The molecule has 3 rings (SSSR count). The summed E-state index contributed by atoms with van der Waals surface area (Å²) in [6.45, 7) is 0.302. The minimum absolute atomic E-state index is 0.302. The number of hydrogen-bond acceptors (Lipinski definition) is 3. The summed E-state index contributed by atoms with van der Waals surface area (Å²) in [5.74, 6) is 7.76. The molecule has 2 nitrogen and oxygen atoms in total. The number of thiophene rings is 1. The fourth-order valence-electron chi connectivity index (χ4n) is 1.45. The fraction of sp³-hybridized carbons (Fsp3) is 0.0769. The predicted octanol–water partition coefficient (Wildman–Crippen LogP) is 2.88. The van der Waals surface area contributed by atoms with E-state index in [2.05, 4.69) is 11.8 Å². The third-order valence-corrected chi connectivity index (χ3v) is 2.93. The second-order valence-corrected chi connectivity index (χ2v) is 4.11. The maximum absolute atomic E-state index is 5.29. The van der Waals surface area contributed by atoms with Crippen LogP contribution in [-0.2, 0) is 0 Å². The Labute approximate surface area is 97.4 Å². The smallest absolute Gasteiger partial charge is 0.231 e. The average Bonchev–Trinajstić information content (AvgIpc) is 2.97. The number of benzene rings is 1. The van der Waals surface area contributed by atoms with Gasteiger partial charge < -0.3 is 9.47 Å². The highest BCUT2D eigenvalue weighted by Crippen LogP contribution is 2.32. The Hall–Kier alpha value is -1.92. The molecule has 0 atom stereocenters. The van der Waals surface area contributed by atoms with Gasteiger partial charge in [-0.05, 0) is 29.6 Å². The Bertz CT molecular complexity index is 561. The molecule has 0 spiro atoms. The predicted molar refractivity (Wildman–Crippen MR) is 62.9 cm³/mol. The molecule has 0 saturated heterocycles. The van der Waals surface area contributed by atoms with E-state index in [9.17, 15) is 0 Å². The van der Waals surface area contributed by atoms with Crippen molar-refractivity contribution in [3.05, 3.63) is 46.2 Å². The van der Waals surface area contributed by atoms with E-state index in [1.807, 2.05) is 35.0 Å². The van der Waals surface area contributed by atoms with Gasteiger partial charge in [0, 0.05) is 16.5 Å². The lowest BCUT2D eigenvalue weighted by atomic mass is 10.2. The van der Waals surface area contributed by atoms with Gasteiger partial charge in [-0.1, -0.05) is 11.8 Å². The van der Waals surface area contributed by atoms with Crippen molar-refractivity contribution in [3.8, 4) is 23.3 Å². The van der Waals surface area contributed by atoms with Gasteiger partial charge in [-0.25, -0.2) is 0 Å². The zero-order valence-electron chi connectivity index (χ0n) is 8.40. The van der Waals surface area contributed by atoms with Crippen molar-refractivity contribution in [2.75, 3.05) is 6.79 Å². The van der Waals surface area contributed by atoms with Crippen LogP contribution in [0.5, 0.6) is 11.5 Å². The Kier molecular flexibility index (Phi) is 2.28. The first kappa shape index (κ1) is 9.32. The van der Waals surface area contributed by atoms with Gasteiger partial charge in [0.15, 0.2) is 11.5 Å². The van der Waals surface area contributed by atoms with Crippen LogP contribution in [0.1, 0.15) is 11.1 Å². The van der Waals surface area contributed by atoms with E-state index >= 15 is 0 Å².